The van der Waals surface area contributed by atoms with Crippen molar-refractivity contribution < 1.29 is 13.2 Å². The lowest BCUT2D eigenvalue weighted by atomic mass is 10.2. The molecule has 7 nitrogen and oxygen atoms in total. The van der Waals surface area contributed by atoms with Crippen LogP contribution in [0.5, 0.6) is 0 Å². The number of nitrogens with zero attached hydrogens (tertiary/aromatic N) is 6. The minimum Gasteiger partial charge on any atom is -0.267 e. The van der Waals surface area contributed by atoms with E-state index in [0.29, 0.717) is 0 Å². The lowest BCUT2D eigenvalue weighted by Gasteiger charge is -2.11. The molecule has 0 unspecified atom stereocenters. The highest BCUT2D eigenvalue weighted by atomic mass is 19.4. The molecule has 2 aromatic heterocycles. The normalized spacial score (nSPS) is 15.4. The summed E-state index contributed by atoms with van der Waals surface area (Å²) in [5.74, 6) is 0.126. The molecule has 0 amide bonds. The standard InChI is InChI=1S/C11H11F3N6O/c1-19-17-9(15-18-19)5-20-10(21)7(11(12,13)14)4-8(16-20)6-2-3-6/h4,6H,2-3,5H2,1H3. The first-order valence-electron chi connectivity index (χ1n) is 6.27. The zero-order valence-electron chi connectivity index (χ0n) is 11.0. The van der Waals surface area contributed by atoms with E-state index in [2.05, 4.69) is 20.5 Å². The SMILES string of the molecule is Cn1nnc(Cn2nc(C3CC3)cc(C(F)(F)F)c2=O)n1. The molecule has 10 heteroatoms. The van der Waals surface area contributed by atoms with Crippen molar-refractivity contribution in [2.45, 2.75) is 31.5 Å². The maximum atomic E-state index is 12.9. The van der Waals surface area contributed by atoms with Crippen LogP contribution in [0.1, 0.15) is 35.8 Å². The van der Waals surface area contributed by atoms with E-state index in [-0.39, 0.29) is 24.0 Å². The Morgan fingerprint density at radius 3 is 2.57 bits per heavy atom. The molecular weight excluding hydrogens is 289 g/mol. The van der Waals surface area contributed by atoms with E-state index in [0.717, 1.165) is 28.4 Å². The molecule has 0 aliphatic heterocycles. The summed E-state index contributed by atoms with van der Waals surface area (Å²) in [7, 11) is 1.52. The maximum absolute atomic E-state index is 12.9. The molecule has 0 spiro atoms. The van der Waals surface area contributed by atoms with Gasteiger partial charge >= 0.3 is 6.18 Å². The van der Waals surface area contributed by atoms with Crippen LogP contribution < -0.4 is 5.56 Å². The summed E-state index contributed by atoms with van der Waals surface area (Å²) in [5, 5.41) is 15.1. The summed E-state index contributed by atoms with van der Waals surface area (Å²) >= 11 is 0. The number of halogens is 3. The second-order valence-electron chi connectivity index (χ2n) is 4.91. The molecule has 0 saturated heterocycles. The van der Waals surface area contributed by atoms with Gasteiger partial charge in [-0.15, -0.1) is 10.2 Å². The van der Waals surface area contributed by atoms with Gasteiger partial charge in [-0.1, -0.05) is 0 Å². The van der Waals surface area contributed by atoms with Crippen LogP contribution in [-0.4, -0.2) is 30.0 Å². The van der Waals surface area contributed by atoms with Gasteiger partial charge < -0.3 is 0 Å². The Bertz CT molecular complexity index is 730. The van der Waals surface area contributed by atoms with Gasteiger partial charge in [0.25, 0.3) is 5.56 Å². The van der Waals surface area contributed by atoms with Crippen LogP contribution in [0.15, 0.2) is 10.9 Å². The molecule has 112 valence electrons. The highest BCUT2D eigenvalue weighted by Gasteiger charge is 2.37. The van der Waals surface area contributed by atoms with E-state index >= 15 is 0 Å². The Hall–Kier alpha value is -2.26. The van der Waals surface area contributed by atoms with Crippen LogP contribution in [-0.2, 0) is 19.8 Å². The van der Waals surface area contributed by atoms with Crippen LogP contribution in [0.2, 0.25) is 0 Å². The van der Waals surface area contributed by atoms with Gasteiger partial charge in [0.15, 0.2) is 5.82 Å². The molecule has 1 aliphatic rings. The van der Waals surface area contributed by atoms with Gasteiger partial charge in [0, 0.05) is 5.92 Å². The second kappa shape index (κ2) is 4.64. The van der Waals surface area contributed by atoms with E-state index in [1.807, 2.05) is 0 Å². The fraction of sp³-hybridized carbons (Fsp3) is 0.545. The third-order valence-electron chi connectivity index (χ3n) is 3.14. The van der Waals surface area contributed by atoms with Crippen molar-refractivity contribution in [1.82, 2.24) is 30.0 Å². The predicted molar refractivity (Wildman–Crippen MR) is 63.4 cm³/mol. The number of hydrogen-bond acceptors (Lipinski definition) is 5. The summed E-state index contributed by atoms with van der Waals surface area (Å²) in [6, 6.07) is 0.848. The molecule has 0 aromatic carbocycles. The summed E-state index contributed by atoms with van der Waals surface area (Å²) in [4.78, 5) is 13.1. The van der Waals surface area contributed by atoms with Gasteiger partial charge in [0.1, 0.15) is 12.1 Å². The third kappa shape index (κ3) is 2.78. The lowest BCUT2D eigenvalue weighted by Crippen LogP contribution is -2.32. The molecule has 1 aliphatic carbocycles. The number of aromatic nitrogens is 6. The van der Waals surface area contributed by atoms with Crippen LogP contribution >= 0.6 is 0 Å². The Morgan fingerprint density at radius 1 is 1.33 bits per heavy atom. The molecule has 1 saturated carbocycles. The number of hydrogen-bond donors (Lipinski definition) is 0. The molecular formula is C11H11F3N6O. The zero-order chi connectivity index (χ0) is 15.2. The van der Waals surface area contributed by atoms with Crippen LogP contribution in [0.25, 0.3) is 0 Å². The van der Waals surface area contributed by atoms with Gasteiger partial charge in [-0.25, -0.2) is 4.68 Å². The summed E-state index contributed by atoms with van der Waals surface area (Å²) in [6.07, 6.45) is -3.14. The average Bonchev–Trinajstić information content (AvgIpc) is 3.15. The van der Waals surface area contributed by atoms with Gasteiger partial charge in [0.05, 0.1) is 12.7 Å². The van der Waals surface area contributed by atoms with Crippen LogP contribution in [0.3, 0.4) is 0 Å². The molecule has 3 rings (SSSR count). The summed E-state index contributed by atoms with van der Waals surface area (Å²) in [5.41, 5.74) is -2.12. The summed E-state index contributed by atoms with van der Waals surface area (Å²) in [6.45, 7) is -0.240. The van der Waals surface area contributed by atoms with Crippen molar-refractivity contribution in [3.63, 3.8) is 0 Å². The van der Waals surface area contributed by atoms with Gasteiger partial charge in [-0.05, 0) is 24.1 Å². The molecule has 21 heavy (non-hydrogen) atoms. The average molecular weight is 300 g/mol. The van der Waals surface area contributed by atoms with E-state index in [1.54, 1.807) is 0 Å². The molecule has 0 N–H and O–H groups in total. The second-order valence-corrected chi connectivity index (χ2v) is 4.91. The van der Waals surface area contributed by atoms with Crippen LogP contribution in [0.4, 0.5) is 13.2 Å². The Morgan fingerprint density at radius 2 is 2.05 bits per heavy atom. The largest absolute Gasteiger partial charge is 0.421 e. The quantitative estimate of drug-likeness (QED) is 0.834. The van der Waals surface area contributed by atoms with E-state index in [4.69, 9.17) is 0 Å². The van der Waals surface area contributed by atoms with Crippen LogP contribution in [0, 0.1) is 0 Å². The van der Waals surface area contributed by atoms with E-state index in [9.17, 15) is 18.0 Å². The molecule has 1 fully saturated rings. The molecule has 2 aromatic rings. The predicted octanol–water partition coefficient (Wildman–Crippen LogP) is 0.711. The van der Waals surface area contributed by atoms with E-state index < -0.39 is 17.3 Å². The van der Waals surface area contributed by atoms with Gasteiger partial charge in [-0.2, -0.15) is 23.1 Å². The number of alkyl halides is 3. The molecule has 0 radical (unpaired) electrons. The minimum absolute atomic E-state index is 0.00670. The van der Waals surface area contributed by atoms with Crippen molar-refractivity contribution >= 4 is 0 Å². The van der Waals surface area contributed by atoms with Crippen molar-refractivity contribution in [2.75, 3.05) is 0 Å². The Labute approximate surface area is 116 Å². The van der Waals surface area contributed by atoms with Crippen molar-refractivity contribution in [1.29, 1.82) is 0 Å². The maximum Gasteiger partial charge on any atom is 0.421 e. The fourth-order valence-corrected chi connectivity index (χ4v) is 1.97. The fourth-order valence-electron chi connectivity index (χ4n) is 1.97. The monoisotopic (exact) mass is 300 g/mol. The third-order valence-corrected chi connectivity index (χ3v) is 3.14. The molecule has 0 bridgehead atoms. The van der Waals surface area contributed by atoms with Crippen molar-refractivity contribution in [3.8, 4) is 0 Å². The Kier molecular flexibility index (Phi) is 3.03. The smallest absolute Gasteiger partial charge is 0.267 e. The highest BCUT2D eigenvalue weighted by Crippen LogP contribution is 2.40. The van der Waals surface area contributed by atoms with Crippen molar-refractivity contribution in [3.05, 3.63) is 33.5 Å². The molecule has 2 heterocycles. The first-order valence-corrected chi connectivity index (χ1v) is 6.27. The topological polar surface area (TPSA) is 78.5 Å². The minimum atomic E-state index is -4.71. The summed E-state index contributed by atoms with van der Waals surface area (Å²) < 4.78 is 39.6. The Balaban J connectivity index is 2.05. The van der Waals surface area contributed by atoms with Crippen molar-refractivity contribution in [2.24, 2.45) is 7.05 Å². The first-order chi connectivity index (χ1) is 9.84. The first kappa shape index (κ1) is 13.7. The number of aryl methyl sites for hydroxylation is 1. The number of rotatable bonds is 3. The lowest BCUT2D eigenvalue weighted by molar-refractivity contribution is -0.139. The number of tetrazole rings is 1. The zero-order valence-corrected chi connectivity index (χ0v) is 11.0. The van der Waals surface area contributed by atoms with E-state index in [1.165, 1.54) is 7.05 Å². The van der Waals surface area contributed by atoms with Gasteiger partial charge in [-0.3, -0.25) is 4.79 Å². The van der Waals surface area contributed by atoms with Gasteiger partial charge in [0.2, 0.25) is 0 Å². The highest BCUT2D eigenvalue weighted by molar-refractivity contribution is 5.22. The molecule has 0 atom stereocenters.